The summed E-state index contributed by atoms with van der Waals surface area (Å²) >= 11 is 0. The molecule has 0 aliphatic carbocycles. The number of nitrogens with one attached hydrogen (secondary N) is 2. The Bertz CT molecular complexity index is 1390. The van der Waals surface area contributed by atoms with Crippen LogP contribution >= 0.6 is 0 Å². The van der Waals surface area contributed by atoms with Gasteiger partial charge in [0, 0.05) is 11.9 Å². The minimum Gasteiger partial charge on any atom is -0.321 e. The van der Waals surface area contributed by atoms with Crippen molar-refractivity contribution >= 4 is 27.3 Å². The second-order valence-electron chi connectivity index (χ2n) is 7.03. The van der Waals surface area contributed by atoms with Crippen LogP contribution in [0.2, 0.25) is 0 Å². The molecule has 162 valence electrons. The Morgan fingerprint density at radius 3 is 2.50 bits per heavy atom. The van der Waals surface area contributed by atoms with Gasteiger partial charge in [0.15, 0.2) is 5.69 Å². The Labute approximate surface area is 184 Å². The fourth-order valence-corrected chi connectivity index (χ4v) is 4.16. The molecule has 32 heavy (non-hydrogen) atoms. The van der Waals surface area contributed by atoms with E-state index in [9.17, 15) is 17.6 Å². The number of carbonyl (C=O) groups is 1. The molecule has 1 heterocycles. The first kappa shape index (κ1) is 21.3. The highest BCUT2D eigenvalue weighted by molar-refractivity contribution is 7.92. The maximum absolute atomic E-state index is 13.4. The Balaban J connectivity index is 1.52. The molecule has 0 saturated carbocycles. The molecule has 0 atom stereocenters. The molecule has 2 N–H and O–H groups in total. The van der Waals surface area contributed by atoms with Crippen LogP contribution in [0.25, 0.3) is 5.69 Å². The predicted molar refractivity (Wildman–Crippen MR) is 120 cm³/mol. The van der Waals surface area contributed by atoms with Crippen LogP contribution in [0.5, 0.6) is 0 Å². The van der Waals surface area contributed by atoms with E-state index in [0.717, 1.165) is 0 Å². The molecule has 9 heteroatoms. The van der Waals surface area contributed by atoms with E-state index >= 15 is 0 Å². The molecule has 0 spiro atoms. The highest BCUT2D eigenvalue weighted by atomic mass is 32.2. The number of benzene rings is 3. The van der Waals surface area contributed by atoms with E-state index in [2.05, 4.69) is 15.1 Å². The van der Waals surface area contributed by atoms with Crippen LogP contribution in [-0.4, -0.2) is 24.1 Å². The zero-order chi connectivity index (χ0) is 22.7. The van der Waals surface area contributed by atoms with Crippen LogP contribution in [0.4, 0.5) is 15.8 Å². The number of halogens is 1. The third-order valence-electron chi connectivity index (χ3n) is 4.69. The van der Waals surface area contributed by atoms with Crippen molar-refractivity contribution in [3.05, 3.63) is 102 Å². The lowest BCUT2D eigenvalue weighted by Crippen LogP contribution is -2.15. The van der Waals surface area contributed by atoms with Crippen molar-refractivity contribution in [2.75, 3.05) is 10.0 Å². The summed E-state index contributed by atoms with van der Waals surface area (Å²) in [6, 6.07) is 20.3. The summed E-state index contributed by atoms with van der Waals surface area (Å²) in [5.41, 5.74) is 2.04. The number of anilines is 2. The fourth-order valence-electron chi connectivity index (χ4n) is 3.02. The van der Waals surface area contributed by atoms with E-state index in [0.29, 0.717) is 22.6 Å². The van der Waals surface area contributed by atoms with Gasteiger partial charge in [0.05, 0.1) is 16.3 Å². The smallest absolute Gasteiger partial charge is 0.276 e. The largest absolute Gasteiger partial charge is 0.321 e. The molecular weight excluding hydrogens is 431 g/mol. The van der Waals surface area contributed by atoms with Gasteiger partial charge in [-0.05, 0) is 61.0 Å². The van der Waals surface area contributed by atoms with E-state index in [1.807, 2.05) is 0 Å². The summed E-state index contributed by atoms with van der Waals surface area (Å²) < 4.78 is 42.6. The monoisotopic (exact) mass is 450 g/mol. The van der Waals surface area contributed by atoms with Gasteiger partial charge in [0.2, 0.25) is 0 Å². The SMILES string of the molecule is Cc1ccc(NC(=O)c2ccn(-c3cccc(F)c3)n2)cc1NS(=O)(=O)c1ccccc1. The molecule has 0 fully saturated rings. The Hall–Kier alpha value is -3.98. The number of sulfonamides is 1. The van der Waals surface area contributed by atoms with Gasteiger partial charge in [0.1, 0.15) is 5.82 Å². The van der Waals surface area contributed by atoms with Crippen LogP contribution in [0, 0.1) is 12.7 Å². The van der Waals surface area contributed by atoms with Gasteiger partial charge in [-0.2, -0.15) is 5.10 Å². The van der Waals surface area contributed by atoms with Gasteiger partial charge in [0.25, 0.3) is 15.9 Å². The Kier molecular flexibility index (Phi) is 5.74. The Morgan fingerprint density at radius 2 is 1.75 bits per heavy atom. The van der Waals surface area contributed by atoms with Gasteiger partial charge in [-0.25, -0.2) is 17.5 Å². The number of hydrogen-bond acceptors (Lipinski definition) is 4. The molecule has 0 aliphatic heterocycles. The molecule has 4 rings (SSSR count). The zero-order valence-corrected chi connectivity index (χ0v) is 17.8. The first-order valence-electron chi connectivity index (χ1n) is 9.63. The van der Waals surface area contributed by atoms with E-state index in [-0.39, 0.29) is 10.6 Å². The summed E-state index contributed by atoms with van der Waals surface area (Å²) in [7, 11) is -3.77. The van der Waals surface area contributed by atoms with Crippen LogP contribution < -0.4 is 10.0 Å². The lowest BCUT2D eigenvalue weighted by molar-refractivity contribution is 0.102. The summed E-state index contributed by atoms with van der Waals surface area (Å²) in [6.07, 6.45) is 1.55. The fraction of sp³-hybridized carbons (Fsp3) is 0.0435. The molecule has 0 radical (unpaired) electrons. The first-order valence-corrected chi connectivity index (χ1v) is 11.1. The average molecular weight is 450 g/mol. The molecule has 3 aromatic carbocycles. The predicted octanol–water partition coefficient (Wildman–Crippen LogP) is 4.37. The number of aryl methyl sites for hydroxylation is 1. The normalized spacial score (nSPS) is 11.2. The summed E-state index contributed by atoms with van der Waals surface area (Å²) in [6.45, 7) is 1.76. The summed E-state index contributed by atoms with van der Waals surface area (Å²) in [5, 5.41) is 6.89. The molecule has 4 aromatic rings. The van der Waals surface area contributed by atoms with Crippen LogP contribution in [0.3, 0.4) is 0 Å². The van der Waals surface area contributed by atoms with Crippen molar-refractivity contribution in [1.29, 1.82) is 0 Å². The first-order chi connectivity index (χ1) is 15.3. The number of carbonyl (C=O) groups excluding carboxylic acids is 1. The third kappa shape index (κ3) is 4.68. The number of amides is 1. The van der Waals surface area contributed by atoms with Crippen molar-refractivity contribution in [3.8, 4) is 5.69 Å². The van der Waals surface area contributed by atoms with Gasteiger partial charge in [-0.3, -0.25) is 9.52 Å². The minimum absolute atomic E-state index is 0.126. The number of aromatic nitrogens is 2. The average Bonchev–Trinajstić information content (AvgIpc) is 3.27. The number of rotatable bonds is 6. The topological polar surface area (TPSA) is 93.1 Å². The highest BCUT2D eigenvalue weighted by Gasteiger charge is 2.16. The van der Waals surface area contributed by atoms with Crippen LogP contribution in [-0.2, 0) is 10.0 Å². The molecule has 0 unspecified atom stereocenters. The second-order valence-corrected chi connectivity index (χ2v) is 8.71. The van der Waals surface area contributed by atoms with Crippen molar-refractivity contribution in [1.82, 2.24) is 9.78 Å². The van der Waals surface area contributed by atoms with Gasteiger partial charge >= 0.3 is 0 Å². The Morgan fingerprint density at radius 1 is 0.969 bits per heavy atom. The summed E-state index contributed by atoms with van der Waals surface area (Å²) in [5.74, 6) is -0.894. The number of nitrogens with zero attached hydrogens (tertiary/aromatic N) is 2. The van der Waals surface area contributed by atoms with Crippen LogP contribution in [0.15, 0.2) is 90.0 Å². The van der Waals surface area contributed by atoms with Crippen LogP contribution in [0.1, 0.15) is 16.1 Å². The molecule has 0 saturated heterocycles. The second kappa shape index (κ2) is 8.64. The maximum atomic E-state index is 13.4. The van der Waals surface area contributed by atoms with Crippen molar-refractivity contribution < 1.29 is 17.6 Å². The molecule has 1 aromatic heterocycles. The minimum atomic E-state index is -3.77. The number of hydrogen-bond donors (Lipinski definition) is 2. The van der Waals surface area contributed by atoms with Crippen molar-refractivity contribution in [2.24, 2.45) is 0 Å². The molecular formula is C23H19FN4O3S. The lowest BCUT2D eigenvalue weighted by Gasteiger charge is -2.12. The highest BCUT2D eigenvalue weighted by Crippen LogP contribution is 2.24. The quantitative estimate of drug-likeness (QED) is 0.456. The summed E-state index contributed by atoms with van der Waals surface area (Å²) in [4.78, 5) is 12.8. The van der Waals surface area contributed by atoms with E-state index in [1.54, 1.807) is 55.6 Å². The van der Waals surface area contributed by atoms with Gasteiger partial charge in [-0.1, -0.05) is 30.3 Å². The third-order valence-corrected chi connectivity index (χ3v) is 6.07. The van der Waals surface area contributed by atoms with Gasteiger partial charge in [-0.15, -0.1) is 0 Å². The van der Waals surface area contributed by atoms with E-state index in [1.165, 1.54) is 41.1 Å². The van der Waals surface area contributed by atoms with Gasteiger partial charge < -0.3 is 5.32 Å². The zero-order valence-electron chi connectivity index (χ0n) is 17.0. The van der Waals surface area contributed by atoms with E-state index < -0.39 is 21.7 Å². The maximum Gasteiger partial charge on any atom is 0.276 e. The standard InChI is InChI=1S/C23H19FN4O3S/c1-16-10-11-18(15-22(16)27-32(30,31)20-8-3-2-4-9-20)25-23(29)21-12-13-28(26-21)19-7-5-6-17(24)14-19/h2-15,27H,1H3,(H,25,29). The van der Waals surface area contributed by atoms with Crippen molar-refractivity contribution in [2.45, 2.75) is 11.8 Å². The van der Waals surface area contributed by atoms with Crippen molar-refractivity contribution in [3.63, 3.8) is 0 Å². The lowest BCUT2D eigenvalue weighted by atomic mass is 10.2. The molecule has 0 aliphatic rings. The molecule has 1 amide bonds. The molecule has 7 nitrogen and oxygen atoms in total. The molecule has 0 bridgehead atoms. The van der Waals surface area contributed by atoms with E-state index in [4.69, 9.17) is 0 Å².